The van der Waals surface area contributed by atoms with Crippen LogP contribution in [0.25, 0.3) is 0 Å². The van der Waals surface area contributed by atoms with Gasteiger partial charge in [0.15, 0.2) is 0 Å². The van der Waals surface area contributed by atoms with Crippen LogP contribution in [0.2, 0.25) is 0 Å². The molecule has 1 unspecified atom stereocenters. The second-order valence-electron chi connectivity index (χ2n) is 3.54. The van der Waals surface area contributed by atoms with Gasteiger partial charge in [0.05, 0.1) is 0 Å². The Kier molecular flexibility index (Phi) is 4.87. The molecule has 2 N–H and O–H groups in total. The zero-order valence-corrected chi connectivity index (χ0v) is 9.44. The molecule has 0 radical (unpaired) electrons. The maximum absolute atomic E-state index is 5.72. The maximum Gasteiger partial charge on any atom is 0.223 e. The zero-order chi connectivity index (χ0) is 11.1. The summed E-state index contributed by atoms with van der Waals surface area (Å²) in [5.41, 5.74) is 5.47. The van der Waals surface area contributed by atoms with Crippen molar-refractivity contribution < 1.29 is 4.74 Å². The predicted octanol–water partition coefficient (Wildman–Crippen LogP) is 2.41. The molecule has 0 fully saturated rings. The van der Waals surface area contributed by atoms with Crippen LogP contribution >= 0.6 is 0 Å². The molecule has 1 rings (SSSR count). The van der Waals surface area contributed by atoms with Gasteiger partial charge in [0, 0.05) is 12.3 Å². The molecular formula is C11H19N3O. The van der Waals surface area contributed by atoms with Gasteiger partial charge in [0.2, 0.25) is 11.8 Å². The lowest BCUT2D eigenvalue weighted by Crippen LogP contribution is -2.16. The number of unbranched alkanes of at least 4 members (excludes halogenated alkanes) is 1. The Hall–Kier alpha value is -1.32. The van der Waals surface area contributed by atoms with Crippen molar-refractivity contribution in [3.05, 3.63) is 12.3 Å². The molecule has 0 bridgehead atoms. The molecular weight excluding hydrogens is 190 g/mol. The fraction of sp³-hybridized carbons (Fsp3) is 0.636. The average Bonchev–Trinajstić information content (AvgIpc) is 2.24. The highest BCUT2D eigenvalue weighted by molar-refractivity contribution is 5.20. The molecule has 1 atom stereocenters. The maximum atomic E-state index is 5.72. The van der Waals surface area contributed by atoms with Gasteiger partial charge in [-0.15, -0.1) is 0 Å². The SMILES string of the molecule is CCCCC(CC)Oc1ccnc(N)n1. The second-order valence-corrected chi connectivity index (χ2v) is 3.54. The monoisotopic (exact) mass is 209 g/mol. The fourth-order valence-electron chi connectivity index (χ4n) is 1.37. The van der Waals surface area contributed by atoms with E-state index in [1.54, 1.807) is 12.3 Å². The number of aromatic nitrogens is 2. The van der Waals surface area contributed by atoms with Crippen LogP contribution in [-0.2, 0) is 0 Å². The van der Waals surface area contributed by atoms with Crippen molar-refractivity contribution in [1.29, 1.82) is 0 Å². The highest BCUT2D eigenvalue weighted by Crippen LogP contribution is 2.14. The summed E-state index contributed by atoms with van der Waals surface area (Å²) in [5, 5.41) is 0. The molecule has 0 spiro atoms. The number of rotatable bonds is 6. The number of hydrogen-bond donors (Lipinski definition) is 1. The van der Waals surface area contributed by atoms with Gasteiger partial charge >= 0.3 is 0 Å². The van der Waals surface area contributed by atoms with Crippen LogP contribution in [-0.4, -0.2) is 16.1 Å². The van der Waals surface area contributed by atoms with Gasteiger partial charge < -0.3 is 10.5 Å². The molecule has 0 aromatic carbocycles. The first-order valence-electron chi connectivity index (χ1n) is 5.51. The normalized spacial score (nSPS) is 12.4. The van der Waals surface area contributed by atoms with Gasteiger partial charge in [-0.25, -0.2) is 4.98 Å². The van der Waals surface area contributed by atoms with Crippen LogP contribution in [0.15, 0.2) is 12.3 Å². The first-order valence-corrected chi connectivity index (χ1v) is 5.51. The van der Waals surface area contributed by atoms with Gasteiger partial charge in [-0.3, -0.25) is 0 Å². The first kappa shape index (κ1) is 11.8. The summed E-state index contributed by atoms with van der Waals surface area (Å²) >= 11 is 0. The number of nitrogens with zero attached hydrogens (tertiary/aromatic N) is 2. The van der Waals surface area contributed by atoms with Crippen LogP contribution in [0.3, 0.4) is 0 Å². The standard InChI is InChI=1S/C11H19N3O/c1-3-5-6-9(4-2)15-10-7-8-13-11(12)14-10/h7-9H,3-6H2,1-2H3,(H2,12,13,14). The fourth-order valence-corrected chi connectivity index (χ4v) is 1.37. The third-order valence-corrected chi connectivity index (χ3v) is 2.27. The number of hydrogen-bond acceptors (Lipinski definition) is 4. The molecule has 0 saturated heterocycles. The minimum Gasteiger partial charge on any atom is -0.474 e. The van der Waals surface area contributed by atoms with Crippen molar-refractivity contribution in [2.75, 3.05) is 5.73 Å². The van der Waals surface area contributed by atoms with E-state index >= 15 is 0 Å². The van der Waals surface area contributed by atoms with E-state index < -0.39 is 0 Å². The van der Waals surface area contributed by atoms with Gasteiger partial charge in [-0.1, -0.05) is 26.7 Å². The summed E-state index contributed by atoms with van der Waals surface area (Å²) in [7, 11) is 0. The predicted molar refractivity (Wildman–Crippen MR) is 60.7 cm³/mol. The first-order chi connectivity index (χ1) is 7.26. The lowest BCUT2D eigenvalue weighted by molar-refractivity contribution is 0.176. The lowest BCUT2D eigenvalue weighted by Gasteiger charge is -2.16. The molecule has 0 amide bonds. The van der Waals surface area contributed by atoms with E-state index in [4.69, 9.17) is 10.5 Å². The molecule has 0 aliphatic carbocycles. The van der Waals surface area contributed by atoms with Crippen LogP contribution in [0.5, 0.6) is 5.88 Å². The molecule has 0 saturated carbocycles. The lowest BCUT2D eigenvalue weighted by atomic mass is 10.1. The third-order valence-electron chi connectivity index (χ3n) is 2.27. The highest BCUT2D eigenvalue weighted by Gasteiger charge is 2.08. The quantitative estimate of drug-likeness (QED) is 0.781. The number of nitrogens with two attached hydrogens (primary N) is 1. The Morgan fingerprint density at radius 1 is 1.47 bits per heavy atom. The second kappa shape index (κ2) is 6.22. The molecule has 0 aliphatic heterocycles. The number of ether oxygens (including phenoxy) is 1. The van der Waals surface area contributed by atoms with Crippen molar-refractivity contribution in [2.45, 2.75) is 45.6 Å². The van der Waals surface area contributed by atoms with Crippen LogP contribution in [0, 0.1) is 0 Å². The molecule has 4 nitrogen and oxygen atoms in total. The van der Waals surface area contributed by atoms with E-state index in [0.29, 0.717) is 5.88 Å². The van der Waals surface area contributed by atoms with Gasteiger partial charge in [-0.05, 0) is 12.8 Å². The summed E-state index contributed by atoms with van der Waals surface area (Å²) in [6.45, 7) is 4.29. The Labute approximate surface area is 90.9 Å². The molecule has 1 heterocycles. The van der Waals surface area contributed by atoms with Gasteiger partial charge in [-0.2, -0.15) is 4.98 Å². The van der Waals surface area contributed by atoms with Gasteiger partial charge in [0.25, 0.3) is 0 Å². The van der Waals surface area contributed by atoms with Gasteiger partial charge in [0.1, 0.15) is 6.10 Å². The van der Waals surface area contributed by atoms with Crippen LogP contribution in [0.1, 0.15) is 39.5 Å². The molecule has 0 aliphatic rings. The van der Waals surface area contributed by atoms with E-state index in [0.717, 1.165) is 12.8 Å². The van der Waals surface area contributed by atoms with E-state index in [-0.39, 0.29) is 12.1 Å². The Bertz CT molecular complexity index is 291. The highest BCUT2D eigenvalue weighted by atomic mass is 16.5. The Balaban J connectivity index is 2.50. The topological polar surface area (TPSA) is 61.0 Å². The van der Waals surface area contributed by atoms with Crippen molar-refractivity contribution in [1.82, 2.24) is 9.97 Å². The van der Waals surface area contributed by atoms with Crippen molar-refractivity contribution in [3.63, 3.8) is 0 Å². The Morgan fingerprint density at radius 3 is 2.87 bits per heavy atom. The summed E-state index contributed by atoms with van der Waals surface area (Å²) in [6, 6.07) is 1.74. The summed E-state index contributed by atoms with van der Waals surface area (Å²) in [6.07, 6.45) is 6.27. The van der Waals surface area contributed by atoms with Crippen molar-refractivity contribution in [3.8, 4) is 5.88 Å². The largest absolute Gasteiger partial charge is 0.474 e. The molecule has 4 heteroatoms. The van der Waals surface area contributed by atoms with E-state index in [9.17, 15) is 0 Å². The zero-order valence-electron chi connectivity index (χ0n) is 9.44. The molecule has 84 valence electrons. The van der Waals surface area contributed by atoms with Crippen molar-refractivity contribution >= 4 is 5.95 Å². The number of nitrogen functional groups attached to an aromatic ring is 1. The Morgan fingerprint density at radius 2 is 2.27 bits per heavy atom. The average molecular weight is 209 g/mol. The number of anilines is 1. The summed E-state index contributed by atoms with van der Waals surface area (Å²) < 4.78 is 5.72. The minimum absolute atomic E-state index is 0.235. The molecule has 1 aromatic rings. The summed E-state index contributed by atoms with van der Waals surface area (Å²) in [5.74, 6) is 0.836. The smallest absolute Gasteiger partial charge is 0.223 e. The van der Waals surface area contributed by atoms with Crippen molar-refractivity contribution in [2.24, 2.45) is 0 Å². The summed E-state index contributed by atoms with van der Waals surface area (Å²) in [4.78, 5) is 7.84. The molecule has 1 aromatic heterocycles. The van der Waals surface area contributed by atoms with Crippen LogP contribution in [0.4, 0.5) is 5.95 Å². The minimum atomic E-state index is 0.235. The van der Waals surface area contributed by atoms with E-state index in [1.165, 1.54) is 12.8 Å². The molecule has 15 heavy (non-hydrogen) atoms. The van der Waals surface area contributed by atoms with Crippen LogP contribution < -0.4 is 10.5 Å². The van der Waals surface area contributed by atoms with E-state index in [2.05, 4.69) is 23.8 Å². The van der Waals surface area contributed by atoms with E-state index in [1.807, 2.05) is 0 Å². The third kappa shape index (κ3) is 4.14.